The highest BCUT2D eigenvalue weighted by molar-refractivity contribution is 5.88. The third-order valence-electron chi connectivity index (χ3n) is 4.22. The molecule has 6 nitrogen and oxygen atoms in total. The smallest absolute Gasteiger partial charge is 0.344 e. The van der Waals surface area contributed by atoms with Crippen molar-refractivity contribution in [3.8, 4) is 5.75 Å². The van der Waals surface area contributed by atoms with Crippen LogP contribution in [-0.2, 0) is 25.5 Å². The predicted molar refractivity (Wildman–Crippen MR) is 105 cm³/mol. The number of nitrogens with one attached hydrogen (secondary N) is 1. The monoisotopic (exact) mass is 383 g/mol. The molecule has 0 saturated heterocycles. The molecule has 0 aliphatic rings. The maximum atomic E-state index is 12.1. The summed E-state index contributed by atoms with van der Waals surface area (Å²) in [4.78, 5) is 35.7. The van der Waals surface area contributed by atoms with Gasteiger partial charge in [-0.15, -0.1) is 0 Å². The lowest BCUT2D eigenvalue weighted by Gasteiger charge is -2.16. The molecule has 6 heteroatoms. The molecule has 2 aromatic carbocycles. The number of hydrogen-bond acceptors (Lipinski definition) is 5. The van der Waals surface area contributed by atoms with Gasteiger partial charge in [-0.2, -0.15) is 0 Å². The number of aryl methyl sites for hydroxylation is 2. The zero-order valence-electron chi connectivity index (χ0n) is 16.4. The normalized spacial score (nSPS) is 11.4. The molecule has 0 aliphatic carbocycles. The first kappa shape index (κ1) is 21.2. The van der Waals surface area contributed by atoms with Gasteiger partial charge < -0.3 is 14.8 Å². The number of Topliss-reactive ketones (excluding diaryl/α,β-unsaturated/α-hetero) is 1. The lowest BCUT2D eigenvalue weighted by Crippen LogP contribution is -2.43. The number of para-hydroxylation sites is 1. The van der Waals surface area contributed by atoms with Gasteiger partial charge >= 0.3 is 5.97 Å². The minimum absolute atomic E-state index is 0.165. The lowest BCUT2D eigenvalue weighted by molar-refractivity contribution is -0.150. The Labute approximate surface area is 164 Å². The SMILES string of the molecule is CC(=O)[C@@H](Cc1ccccc1)NC(=O)COC(=O)COc1c(C)cccc1C. The first-order valence-corrected chi connectivity index (χ1v) is 9.05. The van der Waals surface area contributed by atoms with Crippen LogP contribution in [0.4, 0.5) is 0 Å². The Kier molecular flexibility index (Phi) is 7.75. The van der Waals surface area contributed by atoms with Gasteiger partial charge in [-0.3, -0.25) is 9.59 Å². The fraction of sp³-hybridized carbons (Fsp3) is 0.318. The average molecular weight is 383 g/mol. The van der Waals surface area contributed by atoms with Crippen LogP contribution in [0.25, 0.3) is 0 Å². The van der Waals surface area contributed by atoms with Gasteiger partial charge in [-0.05, 0) is 43.9 Å². The van der Waals surface area contributed by atoms with Crippen molar-refractivity contribution < 1.29 is 23.9 Å². The first-order valence-electron chi connectivity index (χ1n) is 9.05. The summed E-state index contributed by atoms with van der Waals surface area (Å²) < 4.78 is 10.4. The molecule has 0 bridgehead atoms. The van der Waals surface area contributed by atoms with E-state index in [9.17, 15) is 14.4 Å². The molecule has 148 valence electrons. The number of carbonyl (C=O) groups excluding carboxylic acids is 3. The van der Waals surface area contributed by atoms with Crippen LogP contribution < -0.4 is 10.1 Å². The van der Waals surface area contributed by atoms with Crippen molar-refractivity contribution in [2.75, 3.05) is 13.2 Å². The maximum absolute atomic E-state index is 12.1. The van der Waals surface area contributed by atoms with Gasteiger partial charge in [0.15, 0.2) is 19.0 Å². The summed E-state index contributed by atoms with van der Waals surface area (Å²) in [6, 6.07) is 14.4. The van der Waals surface area contributed by atoms with Crippen LogP contribution in [0.2, 0.25) is 0 Å². The number of benzene rings is 2. The van der Waals surface area contributed by atoms with Crippen molar-refractivity contribution in [3.63, 3.8) is 0 Å². The quantitative estimate of drug-likeness (QED) is 0.673. The fourth-order valence-electron chi connectivity index (χ4n) is 2.73. The Morgan fingerprint density at radius 1 is 0.929 bits per heavy atom. The molecule has 0 radical (unpaired) electrons. The number of ether oxygens (including phenoxy) is 2. The Morgan fingerprint density at radius 3 is 2.18 bits per heavy atom. The van der Waals surface area contributed by atoms with E-state index in [4.69, 9.17) is 9.47 Å². The van der Waals surface area contributed by atoms with Crippen LogP contribution in [0.1, 0.15) is 23.6 Å². The van der Waals surface area contributed by atoms with Gasteiger partial charge in [0.1, 0.15) is 5.75 Å². The molecule has 28 heavy (non-hydrogen) atoms. The van der Waals surface area contributed by atoms with Gasteiger partial charge in [-0.1, -0.05) is 48.5 Å². The van der Waals surface area contributed by atoms with E-state index in [1.807, 2.05) is 62.4 Å². The molecule has 2 aromatic rings. The second kappa shape index (κ2) is 10.3. The Balaban J connectivity index is 1.80. The molecule has 1 amide bonds. The van der Waals surface area contributed by atoms with Crippen LogP contribution in [0.5, 0.6) is 5.75 Å². The second-order valence-corrected chi connectivity index (χ2v) is 6.59. The third-order valence-corrected chi connectivity index (χ3v) is 4.22. The summed E-state index contributed by atoms with van der Waals surface area (Å²) in [7, 11) is 0. The lowest BCUT2D eigenvalue weighted by atomic mass is 10.0. The summed E-state index contributed by atoms with van der Waals surface area (Å²) in [6.45, 7) is 4.43. The van der Waals surface area contributed by atoms with E-state index in [0.29, 0.717) is 12.2 Å². The van der Waals surface area contributed by atoms with Gasteiger partial charge in [0.25, 0.3) is 5.91 Å². The van der Waals surface area contributed by atoms with Crippen LogP contribution in [0.3, 0.4) is 0 Å². The predicted octanol–water partition coefficient (Wildman–Crippen LogP) is 2.54. The van der Waals surface area contributed by atoms with Crippen LogP contribution >= 0.6 is 0 Å². The largest absolute Gasteiger partial charge is 0.481 e. The van der Waals surface area contributed by atoms with Crippen molar-refractivity contribution in [1.82, 2.24) is 5.32 Å². The van der Waals surface area contributed by atoms with Crippen LogP contribution in [0.15, 0.2) is 48.5 Å². The molecule has 1 N–H and O–H groups in total. The fourth-order valence-corrected chi connectivity index (χ4v) is 2.73. The number of ketones is 1. The van der Waals surface area contributed by atoms with E-state index in [0.717, 1.165) is 16.7 Å². The van der Waals surface area contributed by atoms with Crippen molar-refractivity contribution in [1.29, 1.82) is 0 Å². The first-order chi connectivity index (χ1) is 13.4. The molecule has 0 aliphatic heterocycles. The zero-order valence-corrected chi connectivity index (χ0v) is 16.4. The number of carbonyl (C=O) groups is 3. The van der Waals surface area contributed by atoms with E-state index >= 15 is 0 Å². The second-order valence-electron chi connectivity index (χ2n) is 6.59. The van der Waals surface area contributed by atoms with E-state index in [-0.39, 0.29) is 12.4 Å². The van der Waals surface area contributed by atoms with Gasteiger partial charge in [0, 0.05) is 0 Å². The van der Waals surface area contributed by atoms with Crippen molar-refractivity contribution in [3.05, 3.63) is 65.2 Å². The molecule has 2 rings (SSSR count). The number of rotatable bonds is 9. The number of esters is 1. The molecular weight excluding hydrogens is 358 g/mol. The van der Waals surface area contributed by atoms with E-state index in [1.165, 1.54) is 6.92 Å². The van der Waals surface area contributed by atoms with Gasteiger partial charge in [0.05, 0.1) is 6.04 Å². The van der Waals surface area contributed by atoms with Crippen LogP contribution in [-0.4, -0.2) is 36.9 Å². The third kappa shape index (κ3) is 6.54. The van der Waals surface area contributed by atoms with E-state index in [2.05, 4.69) is 5.32 Å². The van der Waals surface area contributed by atoms with Gasteiger partial charge in [-0.25, -0.2) is 4.79 Å². The maximum Gasteiger partial charge on any atom is 0.344 e. The molecular formula is C22H25NO5. The summed E-state index contributed by atoms with van der Waals surface area (Å²) in [5.74, 6) is -0.720. The summed E-state index contributed by atoms with van der Waals surface area (Å²) in [5, 5.41) is 2.61. The Bertz CT molecular complexity index is 812. The van der Waals surface area contributed by atoms with E-state index < -0.39 is 24.5 Å². The standard InChI is InChI=1S/C22H25NO5/c1-15-8-7-9-16(2)22(15)28-14-21(26)27-13-20(25)23-19(17(3)24)12-18-10-5-4-6-11-18/h4-11,19H,12-14H2,1-3H3,(H,23,25)/t19-/m1/s1. The summed E-state index contributed by atoms with van der Waals surface area (Å²) >= 11 is 0. The molecule has 0 unspecified atom stereocenters. The Morgan fingerprint density at radius 2 is 1.57 bits per heavy atom. The zero-order chi connectivity index (χ0) is 20.5. The number of hydrogen-bond donors (Lipinski definition) is 1. The highest BCUT2D eigenvalue weighted by Gasteiger charge is 2.18. The number of amides is 1. The van der Waals surface area contributed by atoms with Crippen molar-refractivity contribution in [2.45, 2.75) is 33.2 Å². The summed E-state index contributed by atoms with van der Waals surface area (Å²) in [6.07, 6.45) is 0.380. The van der Waals surface area contributed by atoms with Crippen molar-refractivity contribution >= 4 is 17.7 Å². The van der Waals surface area contributed by atoms with Crippen molar-refractivity contribution in [2.24, 2.45) is 0 Å². The molecule has 0 spiro atoms. The molecule has 1 atom stereocenters. The summed E-state index contributed by atoms with van der Waals surface area (Å²) in [5.41, 5.74) is 2.76. The molecule has 0 heterocycles. The molecule has 0 fully saturated rings. The average Bonchev–Trinajstić information content (AvgIpc) is 2.66. The molecule has 0 aromatic heterocycles. The molecule has 0 saturated carbocycles. The minimum atomic E-state index is -0.667. The minimum Gasteiger partial charge on any atom is -0.481 e. The highest BCUT2D eigenvalue weighted by Crippen LogP contribution is 2.22. The van der Waals surface area contributed by atoms with Crippen LogP contribution in [0, 0.1) is 13.8 Å². The Hall–Kier alpha value is -3.15. The topological polar surface area (TPSA) is 81.7 Å². The highest BCUT2D eigenvalue weighted by atomic mass is 16.6. The van der Waals surface area contributed by atoms with Gasteiger partial charge in [0.2, 0.25) is 0 Å². The van der Waals surface area contributed by atoms with E-state index in [1.54, 1.807) is 0 Å².